The van der Waals surface area contributed by atoms with Gasteiger partial charge >= 0.3 is 0 Å². The average molecular weight is 461 g/mol. The van der Waals surface area contributed by atoms with Gasteiger partial charge in [0, 0.05) is 13.0 Å². The summed E-state index contributed by atoms with van der Waals surface area (Å²) in [4.78, 5) is 0. The number of hydrogen-bond acceptors (Lipinski definition) is 3. The Morgan fingerprint density at radius 3 is 2.27 bits per heavy atom. The van der Waals surface area contributed by atoms with Crippen molar-refractivity contribution in [1.29, 1.82) is 0 Å². The van der Waals surface area contributed by atoms with Crippen LogP contribution in [0.5, 0.6) is 11.5 Å². The fourth-order valence-electron chi connectivity index (χ4n) is 2.87. The molecule has 0 atom stereocenters. The molecule has 0 aliphatic rings. The van der Waals surface area contributed by atoms with Gasteiger partial charge in [0.15, 0.2) is 9.04 Å². The predicted octanol–water partition coefficient (Wildman–Crippen LogP) is 7.01. The van der Waals surface area contributed by atoms with E-state index in [0.29, 0.717) is 23.3 Å². The van der Waals surface area contributed by atoms with Crippen LogP contribution in [0, 0.1) is 0 Å². The zero-order chi connectivity index (χ0) is 21.3. The monoisotopic (exact) mass is 460 g/mol. The summed E-state index contributed by atoms with van der Waals surface area (Å²) in [5, 5.41) is 1.08. The van der Waals surface area contributed by atoms with E-state index in [1.807, 2.05) is 48.5 Å². The van der Waals surface area contributed by atoms with Crippen molar-refractivity contribution in [2.24, 2.45) is 0 Å². The summed E-state index contributed by atoms with van der Waals surface area (Å²) < 4.78 is 17.4. The minimum absolute atomic E-state index is 0.433. The number of ether oxygens (including phenoxy) is 2. The van der Waals surface area contributed by atoms with Gasteiger partial charge in [-0.15, -0.1) is 0 Å². The first-order valence-corrected chi connectivity index (χ1v) is 13.6. The first-order valence-electron chi connectivity index (χ1n) is 10.0. The van der Waals surface area contributed by atoms with E-state index < -0.39 is 9.04 Å². The predicted molar refractivity (Wildman–Crippen MR) is 128 cm³/mol. The number of rotatable bonds is 10. The van der Waals surface area contributed by atoms with E-state index in [0.717, 1.165) is 41.2 Å². The van der Waals surface area contributed by atoms with Gasteiger partial charge in [-0.3, -0.25) is 0 Å². The van der Waals surface area contributed by atoms with Gasteiger partial charge in [-0.2, -0.15) is 0 Å². The first kappa shape index (κ1) is 22.7. The van der Waals surface area contributed by atoms with E-state index in [1.54, 1.807) is 6.07 Å². The average Bonchev–Trinajstić information content (AvgIpc) is 2.75. The molecule has 0 N–H and O–H groups in total. The van der Waals surface area contributed by atoms with Crippen LogP contribution in [-0.4, -0.2) is 22.3 Å². The van der Waals surface area contributed by atoms with Crippen molar-refractivity contribution in [3.8, 4) is 22.6 Å². The van der Waals surface area contributed by atoms with E-state index in [-0.39, 0.29) is 0 Å². The summed E-state index contributed by atoms with van der Waals surface area (Å²) in [5.41, 5.74) is 3.19. The quantitative estimate of drug-likeness (QED) is 0.240. The summed E-state index contributed by atoms with van der Waals surface area (Å²) in [6.45, 7) is 6.21. The molecule has 3 rings (SSSR count). The van der Waals surface area contributed by atoms with Crippen molar-refractivity contribution in [3.63, 3.8) is 0 Å². The summed E-state index contributed by atoms with van der Waals surface area (Å²) in [7, 11) is -0.945. The van der Waals surface area contributed by atoms with Crippen LogP contribution >= 0.6 is 23.2 Å². The third kappa shape index (κ3) is 7.06. The molecule has 0 radical (unpaired) electrons. The highest BCUT2D eigenvalue weighted by atomic mass is 35.5. The molecule has 6 heteroatoms. The molecule has 158 valence electrons. The summed E-state index contributed by atoms with van der Waals surface area (Å²) >= 11 is 12.0. The van der Waals surface area contributed by atoms with Crippen molar-refractivity contribution in [2.75, 3.05) is 13.2 Å². The Morgan fingerprint density at radius 2 is 1.53 bits per heavy atom. The third-order valence-corrected chi connectivity index (χ3v) is 6.06. The smallest absolute Gasteiger partial charge is 0.170 e. The summed E-state index contributed by atoms with van der Waals surface area (Å²) in [6.07, 6.45) is 0.903. The Bertz CT molecular complexity index is 945. The zero-order valence-electron chi connectivity index (χ0n) is 17.2. The van der Waals surface area contributed by atoms with E-state index in [2.05, 4.69) is 25.2 Å². The number of benzene rings is 3. The lowest BCUT2D eigenvalue weighted by Gasteiger charge is -2.11. The fraction of sp³-hybridized carbons (Fsp3) is 0.250. The fourth-order valence-corrected chi connectivity index (χ4v) is 3.83. The van der Waals surface area contributed by atoms with E-state index in [9.17, 15) is 0 Å². The van der Waals surface area contributed by atoms with Crippen LogP contribution in [0.4, 0.5) is 0 Å². The Hall–Kier alpha value is -1.98. The van der Waals surface area contributed by atoms with Gasteiger partial charge in [0.25, 0.3) is 0 Å². The Kier molecular flexibility index (Phi) is 8.64. The topological polar surface area (TPSA) is 27.7 Å². The second-order valence-electron chi connectivity index (χ2n) is 7.21. The molecule has 0 aliphatic carbocycles. The minimum Gasteiger partial charge on any atom is -0.493 e. The molecule has 0 heterocycles. The van der Waals surface area contributed by atoms with Crippen LogP contribution in [0.1, 0.15) is 12.0 Å². The van der Waals surface area contributed by atoms with E-state index >= 15 is 0 Å². The summed E-state index contributed by atoms with van der Waals surface area (Å²) in [6, 6.07) is 21.7. The maximum atomic E-state index is 6.05. The van der Waals surface area contributed by atoms with Gasteiger partial charge in [0.05, 0.1) is 16.7 Å². The van der Waals surface area contributed by atoms with Crippen molar-refractivity contribution in [2.45, 2.75) is 26.1 Å². The van der Waals surface area contributed by atoms with Gasteiger partial charge in [-0.25, -0.2) is 0 Å². The molecule has 0 saturated carbocycles. The van der Waals surface area contributed by atoms with Crippen molar-refractivity contribution >= 4 is 32.2 Å². The molecule has 0 unspecified atom stereocenters. The lowest BCUT2D eigenvalue weighted by molar-refractivity contribution is 0.250. The van der Waals surface area contributed by atoms with Crippen LogP contribution in [0.25, 0.3) is 11.1 Å². The van der Waals surface area contributed by atoms with Crippen LogP contribution in [0.2, 0.25) is 23.1 Å². The van der Waals surface area contributed by atoms with E-state index in [1.165, 1.54) is 0 Å². The maximum absolute atomic E-state index is 6.05. The Labute approximate surface area is 190 Å². The minimum atomic E-state index is -0.945. The normalized spacial score (nSPS) is 11.0. The molecule has 3 aromatic rings. The zero-order valence-corrected chi connectivity index (χ0v) is 19.9. The van der Waals surface area contributed by atoms with Gasteiger partial charge < -0.3 is 13.9 Å². The molecular formula is C24H26Cl2O3Si. The van der Waals surface area contributed by atoms with Crippen LogP contribution in [-0.2, 0) is 11.0 Å². The molecule has 0 aromatic heterocycles. The maximum Gasteiger partial charge on any atom is 0.170 e. The molecule has 0 bridgehead atoms. The Morgan fingerprint density at radius 1 is 0.733 bits per heavy atom. The second kappa shape index (κ2) is 11.4. The van der Waals surface area contributed by atoms with Gasteiger partial charge in [0.2, 0.25) is 0 Å². The summed E-state index contributed by atoms with van der Waals surface area (Å²) in [5.74, 6) is 1.67. The molecule has 3 aromatic carbocycles. The highest BCUT2D eigenvalue weighted by Gasteiger charge is 2.04. The molecule has 0 amide bonds. The molecule has 0 saturated heterocycles. The van der Waals surface area contributed by atoms with Crippen LogP contribution in [0.3, 0.4) is 0 Å². The van der Waals surface area contributed by atoms with Crippen molar-refractivity contribution < 1.29 is 13.9 Å². The van der Waals surface area contributed by atoms with Gasteiger partial charge in [-0.1, -0.05) is 53.5 Å². The molecule has 0 spiro atoms. The lowest BCUT2D eigenvalue weighted by Crippen LogP contribution is -2.11. The molecular weight excluding hydrogens is 435 g/mol. The van der Waals surface area contributed by atoms with Crippen molar-refractivity contribution in [3.05, 3.63) is 82.3 Å². The standard InChI is InChI=1S/C24H26Cl2O3Si/c1-30(2)29-14-4-13-27-22-6-3-5-20(16-22)19-8-10-21(11-9-19)28-17-18-7-12-23(25)24(26)15-18/h3,5-12,15-16,30H,4,13-14,17H2,1-2H3. The van der Waals surface area contributed by atoms with Crippen molar-refractivity contribution in [1.82, 2.24) is 0 Å². The molecule has 3 nitrogen and oxygen atoms in total. The highest BCUT2D eigenvalue weighted by molar-refractivity contribution is 6.48. The molecule has 30 heavy (non-hydrogen) atoms. The highest BCUT2D eigenvalue weighted by Crippen LogP contribution is 2.27. The number of hydrogen-bond donors (Lipinski definition) is 0. The van der Waals surface area contributed by atoms with Gasteiger partial charge in [0.1, 0.15) is 18.1 Å². The SMILES string of the molecule is C[SiH](C)OCCCOc1cccc(-c2ccc(OCc3ccc(Cl)c(Cl)c3)cc2)c1. The van der Waals surface area contributed by atoms with Crippen LogP contribution in [0.15, 0.2) is 66.7 Å². The van der Waals surface area contributed by atoms with Crippen LogP contribution < -0.4 is 9.47 Å². The largest absolute Gasteiger partial charge is 0.493 e. The molecule has 0 aliphatic heterocycles. The number of halogens is 2. The first-order chi connectivity index (χ1) is 14.5. The van der Waals surface area contributed by atoms with E-state index in [4.69, 9.17) is 37.1 Å². The Balaban J connectivity index is 1.54. The lowest BCUT2D eigenvalue weighted by atomic mass is 10.1. The second-order valence-corrected chi connectivity index (χ2v) is 10.5. The molecule has 0 fully saturated rings. The van der Waals surface area contributed by atoms with Gasteiger partial charge in [-0.05, 0) is 66.2 Å². The third-order valence-electron chi connectivity index (χ3n) is 4.42.